The summed E-state index contributed by atoms with van der Waals surface area (Å²) in [4.78, 5) is 49.3. The third-order valence-corrected chi connectivity index (χ3v) is 7.75. The van der Waals surface area contributed by atoms with Crippen LogP contribution in [0, 0.1) is 20.8 Å². The predicted molar refractivity (Wildman–Crippen MR) is 146 cm³/mol. The average Bonchev–Trinajstić information content (AvgIpc) is 2.99. The molecule has 192 valence electrons. The van der Waals surface area contributed by atoms with E-state index >= 15 is 0 Å². The lowest BCUT2D eigenvalue weighted by Gasteiger charge is -2.39. The van der Waals surface area contributed by atoms with Crippen LogP contribution in [0.3, 0.4) is 0 Å². The standard InChI is InChI=1S/C29H29N6O3/c1-16-14-17(2)25(18(3)15-16)33-21-12-9-13-22-23(21)24(20-10-7-6-8-11-20)31-29(30)27(37)35(22,5)26(36)19(4)32-34(29)28(33)38/h6-15,19,32H,30H2,1-5H3/q+1/t19-,29+,35?/m0/s1. The van der Waals surface area contributed by atoms with Gasteiger partial charge in [-0.2, -0.15) is 4.48 Å². The summed E-state index contributed by atoms with van der Waals surface area (Å²) in [6, 6.07) is 17.3. The topological polar surface area (TPSA) is 108 Å². The van der Waals surface area contributed by atoms with Gasteiger partial charge in [-0.05, 0) is 44.9 Å². The van der Waals surface area contributed by atoms with Crippen LogP contribution in [0.15, 0.2) is 65.7 Å². The second-order valence-electron chi connectivity index (χ2n) is 10.4. The number of nitrogens with zero attached hydrogens (tertiary/aromatic N) is 4. The molecule has 3 aromatic rings. The molecule has 0 aliphatic carbocycles. The molecular weight excluding hydrogens is 480 g/mol. The average molecular weight is 510 g/mol. The number of nitrogens with one attached hydrogen (secondary N) is 1. The third-order valence-electron chi connectivity index (χ3n) is 7.75. The highest BCUT2D eigenvalue weighted by Gasteiger charge is 2.66. The maximum atomic E-state index is 14.6. The fraction of sp³-hybridized carbons (Fsp3) is 0.241. The number of anilines is 2. The number of aliphatic imine (C=N–C) groups is 1. The monoisotopic (exact) mass is 509 g/mol. The molecule has 0 spiro atoms. The minimum Gasteiger partial charge on any atom is -0.276 e. The molecule has 0 radical (unpaired) electrons. The van der Waals surface area contributed by atoms with Crippen molar-refractivity contribution >= 4 is 40.6 Å². The number of benzene rings is 3. The lowest BCUT2D eigenvalue weighted by molar-refractivity contribution is -0.146. The first-order chi connectivity index (χ1) is 18.0. The lowest BCUT2D eigenvalue weighted by Crippen LogP contribution is -2.72. The lowest BCUT2D eigenvalue weighted by atomic mass is 9.95. The summed E-state index contributed by atoms with van der Waals surface area (Å²) in [6.07, 6.45) is 0. The zero-order chi connectivity index (χ0) is 27.1. The van der Waals surface area contributed by atoms with Gasteiger partial charge in [-0.3, -0.25) is 10.6 Å². The number of hydrazine groups is 1. The van der Waals surface area contributed by atoms with E-state index in [0.717, 1.165) is 21.7 Å². The number of carbonyl (C=O) groups excluding carboxylic acids is 3. The molecule has 3 aliphatic rings. The Labute approximate surface area is 220 Å². The van der Waals surface area contributed by atoms with Gasteiger partial charge < -0.3 is 0 Å². The minimum atomic E-state index is -2.21. The van der Waals surface area contributed by atoms with Crippen LogP contribution >= 0.6 is 0 Å². The van der Waals surface area contributed by atoms with Gasteiger partial charge in [0.2, 0.25) is 0 Å². The highest BCUT2D eigenvalue weighted by atomic mass is 16.2. The van der Waals surface area contributed by atoms with E-state index in [1.807, 2.05) is 69.3 Å². The quantitative estimate of drug-likeness (QED) is 0.406. The summed E-state index contributed by atoms with van der Waals surface area (Å²) in [5.41, 5.74) is 16.0. The number of fused-ring (bicyclic) bond motifs is 2. The number of rotatable bonds is 2. The number of imide groups is 1. The Balaban J connectivity index is 1.83. The van der Waals surface area contributed by atoms with Crippen LogP contribution in [-0.4, -0.2) is 47.4 Å². The van der Waals surface area contributed by atoms with Crippen molar-refractivity contribution in [2.75, 3.05) is 11.9 Å². The Hall–Kier alpha value is -4.18. The van der Waals surface area contributed by atoms with E-state index < -0.39 is 34.2 Å². The summed E-state index contributed by atoms with van der Waals surface area (Å²) < 4.78 is -0.739. The van der Waals surface area contributed by atoms with Gasteiger partial charge in [0.25, 0.3) is 0 Å². The molecule has 3 bridgehead atoms. The molecule has 1 saturated heterocycles. The molecular formula is C29H29N6O3+. The largest absolute Gasteiger partial charge is 0.391 e. The van der Waals surface area contributed by atoms with Gasteiger partial charge in [0.15, 0.2) is 5.69 Å². The number of likely N-dealkylation sites (N-methyl/N-ethyl adjacent to an activating group) is 1. The summed E-state index contributed by atoms with van der Waals surface area (Å²) in [6.45, 7) is 7.53. The molecule has 3 aliphatic heterocycles. The second kappa shape index (κ2) is 7.91. The number of quaternary nitrogens is 1. The van der Waals surface area contributed by atoms with Gasteiger partial charge in [0, 0.05) is 11.6 Å². The number of urea groups is 1. The van der Waals surface area contributed by atoms with Crippen molar-refractivity contribution in [2.45, 2.75) is 39.5 Å². The molecule has 3 N–H and O–H groups in total. The molecule has 4 amide bonds. The summed E-state index contributed by atoms with van der Waals surface area (Å²) in [7, 11) is 1.54. The summed E-state index contributed by atoms with van der Waals surface area (Å²) in [5, 5.41) is 1.04. The number of nitrogens with two attached hydrogens (primary N) is 1. The molecule has 3 heterocycles. The first-order valence-corrected chi connectivity index (χ1v) is 12.5. The highest BCUT2D eigenvalue weighted by Crippen LogP contribution is 2.47. The summed E-state index contributed by atoms with van der Waals surface area (Å²) in [5.74, 6) is -3.35. The fourth-order valence-corrected chi connectivity index (χ4v) is 6.09. The van der Waals surface area contributed by atoms with Gasteiger partial charge in [-0.15, -0.1) is 0 Å². The van der Waals surface area contributed by atoms with Crippen LogP contribution in [0.25, 0.3) is 0 Å². The van der Waals surface area contributed by atoms with Crippen LogP contribution in [0.2, 0.25) is 0 Å². The van der Waals surface area contributed by atoms with Gasteiger partial charge in [0.05, 0.1) is 29.7 Å². The first-order valence-electron chi connectivity index (χ1n) is 12.5. The Bertz CT molecular complexity index is 1580. The molecule has 9 nitrogen and oxygen atoms in total. The molecule has 9 heteroatoms. The van der Waals surface area contributed by atoms with Crippen LogP contribution in [-0.2, 0) is 9.59 Å². The SMILES string of the molecule is Cc1cc(C)c(N2C(=O)N3N[C@@H](C)C(=O)[N+]4(C)C(=O)[C@@]3(N)N=C(c3ccccc3)c3c2cccc34)c(C)c1. The van der Waals surface area contributed by atoms with Gasteiger partial charge >= 0.3 is 23.6 Å². The molecule has 1 fully saturated rings. The van der Waals surface area contributed by atoms with Crippen molar-refractivity contribution in [1.82, 2.24) is 14.9 Å². The van der Waals surface area contributed by atoms with Crippen LogP contribution in [0.1, 0.15) is 34.7 Å². The van der Waals surface area contributed by atoms with Crippen LogP contribution in [0.5, 0.6) is 0 Å². The smallest absolute Gasteiger partial charge is 0.276 e. The molecule has 3 atom stereocenters. The Kier molecular flexibility index (Phi) is 5.03. The number of hydrogen-bond acceptors (Lipinski definition) is 6. The van der Waals surface area contributed by atoms with Crippen LogP contribution < -0.4 is 20.5 Å². The van der Waals surface area contributed by atoms with E-state index in [0.29, 0.717) is 33.9 Å². The molecule has 1 unspecified atom stereocenters. The van der Waals surface area contributed by atoms with Crippen molar-refractivity contribution in [2.24, 2.45) is 10.7 Å². The van der Waals surface area contributed by atoms with Gasteiger partial charge in [0.1, 0.15) is 6.04 Å². The van der Waals surface area contributed by atoms with Crippen LogP contribution in [0.4, 0.5) is 21.9 Å². The van der Waals surface area contributed by atoms with E-state index in [1.165, 1.54) is 0 Å². The number of hydrogen-bond donors (Lipinski definition) is 2. The Morgan fingerprint density at radius 1 is 0.974 bits per heavy atom. The minimum absolute atomic E-state index is 0.421. The van der Waals surface area contributed by atoms with E-state index in [9.17, 15) is 14.4 Å². The third kappa shape index (κ3) is 2.97. The Morgan fingerprint density at radius 2 is 1.63 bits per heavy atom. The molecule has 38 heavy (non-hydrogen) atoms. The second-order valence-corrected chi connectivity index (χ2v) is 10.4. The molecule has 0 aromatic heterocycles. The normalized spacial score (nSPS) is 26.2. The fourth-order valence-electron chi connectivity index (χ4n) is 6.09. The van der Waals surface area contributed by atoms with Crippen molar-refractivity contribution in [1.29, 1.82) is 0 Å². The molecule has 3 aromatic carbocycles. The zero-order valence-electron chi connectivity index (χ0n) is 21.9. The molecule has 6 rings (SSSR count). The zero-order valence-corrected chi connectivity index (χ0v) is 21.9. The van der Waals surface area contributed by atoms with Crippen molar-refractivity contribution in [3.63, 3.8) is 0 Å². The van der Waals surface area contributed by atoms with E-state index in [2.05, 4.69) is 5.43 Å². The first kappa shape index (κ1) is 24.2. The van der Waals surface area contributed by atoms with Crippen molar-refractivity contribution in [3.8, 4) is 0 Å². The number of aryl methyl sites for hydroxylation is 3. The maximum absolute atomic E-state index is 14.6. The van der Waals surface area contributed by atoms with Gasteiger partial charge in [-0.1, -0.05) is 54.1 Å². The predicted octanol–water partition coefficient (Wildman–Crippen LogP) is 3.55. The van der Waals surface area contributed by atoms with E-state index in [1.54, 1.807) is 31.0 Å². The highest BCUT2D eigenvalue weighted by molar-refractivity contribution is 6.29. The van der Waals surface area contributed by atoms with Gasteiger partial charge in [-0.25, -0.2) is 29.8 Å². The van der Waals surface area contributed by atoms with Crippen molar-refractivity contribution in [3.05, 3.63) is 88.5 Å². The Morgan fingerprint density at radius 3 is 2.29 bits per heavy atom. The molecule has 0 saturated carbocycles. The maximum Gasteiger partial charge on any atom is 0.391 e. The number of amides is 4. The van der Waals surface area contributed by atoms with E-state index in [-0.39, 0.29) is 0 Å². The van der Waals surface area contributed by atoms with Crippen molar-refractivity contribution < 1.29 is 14.4 Å². The van der Waals surface area contributed by atoms with E-state index in [4.69, 9.17) is 10.7 Å². The summed E-state index contributed by atoms with van der Waals surface area (Å²) >= 11 is 0. The number of carbonyl (C=O) groups is 3.